The van der Waals surface area contributed by atoms with Crippen LogP contribution in [0.5, 0.6) is 11.5 Å². The molecule has 2 heterocycles. The molecule has 0 aliphatic carbocycles. The first-order valence-corrected chi connectivity index (χ1v) is 9.14. The van der Waals surface area contributed by atoms with Crippen molar-refractivity contribution < 1.29 is 19.1 Å². The van der Waals surface area contributed by atoms with Gasteiger partial charge in [0.1, 0.15) is 5.15 Å². The van der Waals surface area contributed by atoms with Crippen molar-refractivity contribution in [1.29, 1.82) is 0 Å². The number of halogens is 1. The molecule has 0 unspecified atom stereocenters. The molecule has 0 saturated carbocycles. The third kappa shape index (κ3) is 4.45. The number of rotatable bonds is 5. The summed E-state index contributed by atoms with van der Waals surface area (Å²) in [7, 11) is 0. The van der Waals surface area contributed by atoms with Crippen molar-refractivity contribution in [3.63, 3.8) is 0 Å². The fourth-order valence-electron chi connectivity index (χ4n) is 2.65. The van der Waals surface area contributed by atoms with Gasteiger partial charge in [-0.15, -0.1) is 0 Å². The van der Waals surface area contributed by atoms with Gasteiger partial charge >= 0.3 is 0 Å². The Hall–Kier alpha value is -3.00. The quantitative estimate of drug-likeness (QED) is 0.590. The van der Waals surface area contributed by atoms with E-state index >= 15 is 0 Å². The third-order valence-electron chi connectivity index (χ3n) is 3.98. The highest BCUT2D eigenvalue weighted by atomic mass is 35.5. The number of ether oxygens (including phenoxy) is 2. The molecule has 0 atom stereocenters. The number of carbonyl (C=O) groups excluding carboxylic acids is 2. The molecule has 1 aromatic carbocycles. The van der Waals surface area contributed by atoms with Gasteiger partial charge in [0.25, 0.3) is 11.8 Å². The molecular formula is C19H21ClN4O4. The van der Waals surface area contributed by atoms with Crippen molar-refractivity contribution >= 4 is 29.5 Å². The summed E-state index contributed by atoms with van der Waals surface area (Å²) in [5.41, 5.74) is 6.40. The molecule has 2 aromatic rings. The van der Waals surface area contributed by atoms with Crippen molar-refractivity contribution in [3.05, 3.63) is 46.2 Å². The van der Waals surface area contributed by atoms with Crippen LogP contribution in [0.25, 0.3) is 6.08 Å². The molecule has 9 heteroatoms. The normalized spacial score (nSPS) is 12.6. The number of nitrogens with one attached hydrogen (secondary N) is 2. The highest BCUT2D eigenvalue weighted by molar-refractivity contribution is 6.31. The summed E-state index contributed by atoms with van der Waals surface area (Å²) in [6.45, 7) is 6.77. The van der Waals surface area contributed by atoms with E-state index in [2.05, 4.69) is 29.8 Å². The number of amides is 2. The molecule has 148 valence electrons. The number of aryl methyl sites for hydroxylation is 1. The fourth-order valence-corrected chi connectivity index (χ4v) is 2.96. The van der Waals surface area contributed by atoms with Gasteiger partial charge in [0, 0.05) is 23.7 Å². The second-order valence-electron chi connectivity index (χ2n) is 6.71. The molecule has 1 aromatic heterocycles. The maximum absolute atomic E-state index is 12.2. The van der Waals surface area contributed by atoms with Crippen LogP contribution < -0.4 is 20.3 Å². The first kappa shape index (κ1) is 19.8. The molecule has 0 bridgehead atoms. The lowest BCUT2D eigenvalue weighted by molar-refractivity contribution is -0.117. The second-order valence-corrected chi connectivity index (χ2v) is 7.07. The highest BCUT2D eigenvalue weighted by Gasteiger charge is 2.16. The van der Waals surface area contributed by atoms with Crippen LogP contribution in [0.15, 0.2) is 24.3 Å². The minimum atomic E-state index is -0.499. The Bertz CT molecular complexity index is 936. The van der Waals surface area contributed by atoms with Crippen molar-refractivity contribution in [1.82, 2.24) is 20.6 Å². The first-order chi connectivity index (χ1) is 13.3. The average molecular weight is 405 g/mol. The number of hydrazine groups is 1. The van der Waals surface area contributed by atoms with Crippen LogP contribution in [-0.4, -0.2) is 28.4 Å². The van der Waals surface area contributed by atoms with Crippen LogP contribution in [0.3, 0.4) is 0 Å². The predicted molar refractivity (Wildman–Crippen MR) is 104 cm³/mol. The van der Waals surface area contributed by atoms with E-state index < -0.39 is 11.8 Å². The maximum atomic E-state index is 12.2. The Morgan fingerprint density at radius 2 is 2.04 bits per heavy atom. The molecule has 0 saturated heterocycles. The van der Waals surface area contributed by atoms with E-state index in [9.17, 15) is 9.59 Å². The van der Waals surface area contributed by atoms with Gasteiger partial charge in [-0.3, -0.25) is 25.1 Å². The summed E-state index contributed by atoms with van der Waals surface area (Å²) in [6, 6.07) is 4.77. The average Bonchev–Trinajstić information content (AvgIpc) is 3.22. The van der Waals surface area contributed by atoms with Gasteiger partial charge in [-0.1, -0.05) is 25.4 Å². The predicted octanol–water partition coefficient (Wildman–Crippen LogP) is 2.70. The lowest BCUT2D eigenvalue weighted by atomic mass is 10.2. The van der Waals surface area contributed by atoms with E-state index in [1.807, 2.05) is 6.92 Å². The third-order valence-corrected chi connectivity index (χ3v) is 4.38. The molecule has 0 spiro atoms. The zero-order valence-corrected chi connectivity index (χ0v) is 16.5. The van der Waals surface area contributed by atoms with E-state index in [1.54, 1.807) is 29.0 Å². The van der Waals surface area contributed by atoms with Gasteiger partial charge in [0.2, 0.25) is 6.79 Å². The van der Waals surface area contributed by atoms with Crippen LogP contribution in [-0.2, 0) is 11.3 Å². The molecule has 2 N–H and O–H groups in total. The smallest absolute Gasteiger partial charge is 0.269 e. The van der Waals surface area contributed by atoms with Crippen LogP contribution in [0.2, 0.25) is 5.15 Å². The Labute approximate surface area is 167 Å². The topological polar surface area (TPSA) is 94.5 Å². The lowest BCUT2D eigenvalue weighted by Gasteiger charge is -2.06. The minimum absolute atomic E-state index is 0.123. The van der Waals surface area contributed by atoms with Gasteiger partial charge in [0.05, 0.1) is 5.69 Å². The monoisotopic (exact) mass is 404 g/mol. The summed E-state index contributed by atoms with van der Waals surface area (Å²) >= 11 is 6.34. The van der Waals surface area contributed by atoms with E-state index in [-0.39, 0.29) is 6.79 Å². The van der Waals surface area contributed by atoms with Gasteiger partial charge < -0.3 is 9.47 Å². The van der Waals surface area contributed by atoms with E-state index in [4.69, 9.17) is 21.1 Å². The largest absolute Gasteiger partial charge is 0.454 e. The van der Waals surface area contributed by atoms with Crippen LogP contribution in [0, 0.1) is 12.8 Å². The summed E-state index contributed by atoms with van der Waals surface area (Å²) in [5.74, 6) is 0.486. The molecule has 0 fully saturated rings. The molecule has 1 aliphatic heterocycles. The number of fused-ring (bicyclic) bond motifs is 1. The number of benzene rings is 1. The molecule has 2 amide bonds. The highest BCUT2D eigenvalue weighted by Crippen LogP contribution is 2.32. The molecule has 1 aliphatic rings. The zero-order chi connectivity index (χ0) is 20.3. The minimum Gasteiger partial charge on any atom is -0.454 e. The van der Waals surface area contributed by atoms with Gasteiger partial charge in [0.15, 0.2) is 11.5 Å². The standard InChI is InChI=1S/C19H21ClN4O4/c1-11(2)9-24-18(20)14(12(3)23-24)5-7-17(25)21-22-19(26)13-4-6-15-16(8-13)28-10-27-15/h4-8,11H,9-10H2,1-3H3,(H,21,25)(H,22,26)/b7-5+. The van der Waals surface area contributed by atoms with Crippen LogP contribution >= 0.6 is 11.6 Å². The number of hydrogen-bond donors (Lipinski definition) is 2. The van der Waals surface area contributed by atoms with Crippen molar-refractivity contribution in [2.45, 2.75) is 27.3 Å². The zero-order valence-electron chi connectivity index (χ0n) is 15.8. The van der Waals surface area contributed by atoms with Gasteiger partial charge in [-0.2, -0.15) is 5.10 Å². The van der Waals surface area contributed by atoms with Crippen molar-refractivity contribution in [2.24, 2.45) is 5.92 Å². The Morgan fingerprint density at radius 1 is 1.29 bits per heavy atom. The van der Waals surface area contributed by atoms with E-state index in [1.165, 1.54) is 6.08 Å². The number of aromatic nitrogens is 2. The Kier molecular flexibility index (Phi) is 5.89. The summed E-state index contributed by atoms with van der Waals surface area (Å²) in [6.07, 6.45) is 2.86. The second kappa shape index (κ2) is 8.35. The molecular weight excluding hydrogens is 384 g/mol. The number of hydrogen-bond acceptors (Lipinski definition) is 5. The van der Waals surface area contributed by atoms with E-state index in [0.717, 1.165) is 5.69 Å². The lowest BCUT2D eigenvalue weighted by Crippen LogP contribution is -2.40. The summed E-state index contributed by atoms with van der Waals surface area (Å²) in [5, 5.41) is 4.85. The molecule has 0 radical (unpaired) electrons. The number of nitrogens with zero attached hydrogens (tertiary/aromatic N) is 2. The van der Waals surface area contributed by atoms with Crippen molar-refractivity contribution in [2.75, 3.05) is 6.79 Å². The van der Waals surface area contributed by atoms with Gasteiger partial charge in [-0.25, -0.2) is 0 Å². The first-order valence-electron chi connectivity index (χ1n) is 8.76. The summed E-state index contributed by atoms with van der Waals surface area (Å²) < 4.78 is 12.1. The maximum Gasteiger partial charge on any atom is 0.269 e. The Morgan fingerprint density at radius 3 is 2.79 bits per heavy atom. The number of carbonyl (C=O) groups is 2. The SMILES string of the molecule is Cc1nn(CC(C)C)c(Cl)c1/C=C/C(=O)NNC(=O)c1ccc2c(c1)OCO2. The molecule has 3 rings (SSSR count). The molecule has 8 nitrogen and oxygen atoms in total. The van der Waals surface area contributed by atoms with Crippen molar-refractivity contribution in [3.8, 4) is 11.5 Å². The van der Waals surface area contributed by atoms with E-state index in [0.29, 0.717) is 40.2 Å². The molecule has 28 heavy (non-hydrogen) atoms. The summed E-state index contributed by atoms with van der Waals surface area (Å²) in [4.78, 5) is 24.2. The van der Waals surface area contributed by atoms with Gasteiger partial charge in [-0.05, 0) is 37.1 Å². The van der Waals surface area contributed by atoms with Crippen LogP contribution in [0.1, 0.15) is 35.5 Å². The Balaban J connectivity index is 1.58. The fraction of sp³-hybridized carbons (Fsp3) is 0.316. The van der Waals surface area contributed by atoms with Crippen LogP contribution in [0.4, 0.5) is 0 Å².